The fourth-order valence-electron chi connectivity index (χ4n) is 2.72. The molecule has 6 heteroatoms. The Balaban J connectivity index is 1.42. The van der Waals surface area contributed by atoms with Gasteiger partial charge in [0.15, 0.2) is 18.6 Å². The standard InChI is InChI=1S/C20H14N2O4/c23-19(22-16-7-3-5-13-4-1-2-6-15(13)16)11-25-20(24)14-8-9-18-17(10-14)21-12-26-18/h1-10,12H,11H2,(H,22,23). The normalized spacial score (nSPS) is 10.8. The lowest BCUT2D eigenvalue weighted by Crippen LogP contribution is -2.21. The molecular formula is C20H14N2O4. The van der Waals surface area contributed by atoms with Crippen molar-refractivity contribution in [2.75, 3.05) is 11.9 Å². The minimum absolute atomic E-state index is 0.310. The van der Waals surface area contributed by atoms with Crippen LogP contribution in [0.2, 0.25) is 0 Å². The Morgan fingerprint density at radius 3 is 2.81 bits per heavy atom. The number of rotatable bonds is 4. The summed E-state index contributed by atoms with van der Waals surface area (Å²) in [7, 11) is 0. The first kappa shape index (κ1) is 15.8. The topological polar surface area (TPSA) is 81.4 Å². The van der Waals surface area contributed by atoms with Crippen molar-refractivity contribution in [3.63, 3.8) is 0 Å². The Morgan fingerprint density at radius 1 is 1.04 bits per heavy atom. The van der Waals surface area contributed by atoms with Gasteiger partial charge in [-0.05, 0) is 29.7 Å². The molecule has 0 radical (unpaired) electrons. The first-order valence-electron chi connectivity index (χ1n) is 7.99. The van der Waals surface area contributed by atoms with Gasteiger partial charge in [0.1, 0.15) is 5.52 Å². The van der Waals surface area contributed by atoms with Crippen molar-refractivity contribution < 1.29 is 18.7 Å². The Hall–Kier alpha value is -3.67. The number of aromatic nitrogens is 1. The van der Waals surface area contributed by atoms with Crippen LogP contribution in [0.4, 0.5) is 5.69 Å². The van der Waals surface area contributed by atoms with E-state index >= 15 is 0 Å². The first-order chi connectivity index (χ1) is 12.7. The Bertz CT molecular complexity index is 1110. The molecule has 0 fully saturated rings. The number of carbonyl (C=O) groups excluding carboxylic acids is 2. The minimum Gasteiger partial charge on any atom is -0.452 e. The summed E-state index contributed by atoms with van der Waals surface area (Å²) < 4.78 is 10.2. The maximum Gasteiger partial charge on any atom is 0.338 e. The van der Waals surface area contributed by atoms with Gasteiger partial charge in [0, 0.05) is 11.1 Å². The predicted molar refractivity (Wildman–Crippen MR) is 96.9 cm³/mol. The number of carbonyl (C=O) groups is 2. The van der Waals surface area contributed by atoms with E-state index in [-0.39, 0.29) is 6.61 Å². The number of oxazole rings is 1. The molecule has 0 aliphatic rings. The quantitative estimate of drug-likeness (QED) is 0.569. The Kier molecular flexibility index (Phi) is 4.07. The summed E-state index contributed by atoms with van der Waals surface area (Å²) in [6.45, 7) is -0.376. The highest BCUT2D eigenvalue weighted by Crippen LogP contribution is 2.22. The molecule has 1 N–H and O–H groups in total. The van der Waals surface area contributed by atoms with Gasteiger partial charge < -0.3 is 14.5 Å². The number of anilines is 1. The fraction of sp³-hybridized carbons (Fsp3) is 0.0500. The van der Waals surface area contributed by atoms with Crippen LogP contribution in [0.15, 0.2) is 71.5 Å². The van der Waals surface area contributed by atoms with Gasteiger partial charge in [-0.1, -0.05) is 36.4 Å². The molecule has 0 aliphatic heterocycles. The van der Waals surface area contributed by atoms with E-state index in [1.54, 1.807) is 24.3 Å². The van der Waals surface area contributed by atoms with Crippen LogP contribution in [0.1, 0.15) is 10.4 Å². The van der Waals surface area contributed by atoms with E-state index < -0.39 is 11.9 Å². The molecular weight excluding hydrogens is 332 g/mol. The zero-order chi connectivity index (χ0) is 17.9. The molecule has 4 aromatic rings. The maximum absolute atomic E-state index is 12.1. The molecule has 128 valence electrons. The molecule has 0 aliphatic carbocycles. The van der Waals surface area contributed by atoms with Crippen LogP contribution < -0.4 is 5.32 Å². The average molecular weight is 346 g/mol. The van der Waals surface area contributed by atoms with Crippen LogP contribution in [0.3, 0.4) is 0 Å². The number of nitrogens with one attached hydrogen (secondary N) is 1. The molecule has 0 saturated carbocycles. The van der Waals surface area contributed by atoms with E-state index in [2.05, 4.69) is 10.3 Å². The molecule has 0 atom stereocenters. The largest absolute Gasteiger partial charge is 0.452 e. The highest BCUT2D eigenvalue weighted by molar-refractivity contribution is 6.03. The molecule has 0 unspecified atom stereocenters. The van der Waals surface area contributed by atoms with Gasteiger partial charge in [-0.15, -0.1) is 0 Å². The number of amides is 1. The number of hydrogen-bond donors (Lipinski definition) is 1. The molecule has 3 aromatic carbocycles. The van der Waals surface area contributed by atoms with Gasteiger partial charge in [0.05, 0.1) is 5.56 Å². The number of ether oxygens (including phenoxy) is 1. The van der Waals surface area contributed by atoms with Gasteiger partial charge >= 0.3 is 5.97 Å². The second-order valence-electron chi connectivity index (χ2n) is 5.69. The highest BCUT2D eigenvalue weighted by atomic mass is 16.5. The zero-order valence-corrected chi connectivity index (χ0v) is 13.6. The van der Waals surface area contributed by atoms with Crippen LogP contribution in [-0.4, -0.2) is 23.5 Å². The van der Waals surface area contributed by atoms with Crippen LogP contribution in [0.25, 0.3) is 21.9 Å². The van der Waals surface area contributed by atoms with E-state index in [9.17, 15) is 9.59 Å². The van der Waals surface area contributed by atoms with Gasteiger partial charge in [-0.2, -0.15) is 0 Å². The van der Waals surface area contributed by atoms with E-state index in [1.165, 1.54) is 6.39 Å². The third kappa shape index (κ3) is 3.12. The number of hydrogen-bond acceptors (Lipinski definition) is 5. The molecule has 4 rings (SSSR count). The molecule has 1 heterocycles. The van der Waals surface area contributed by atoms with Crippen molar-refractivity contribution in [2.45, 2.75) is 0 Å². The lowest BCUT2D eigenvalue weighted by molar-refractivity contribution is -0.119. The van der Waals surface area contributed by atoms with E-state index in [1.807, 2.05) is 36.4 Å². The summed E-state index contributed by atoms with van der Waals surface area (Å²) in [5.41, 5.74) is 2.12. The second-order valence-corrected chi connectivity index (χ2v) is 5.69. The van der Waals surface area contributed by atoms with Crippen molar-refractivity contribution in [2.24, 2.45) is 0 Å². The Labute approximate surface area is 148 Å². The molecule has 1 amide bonds. The van der Waals surface area contributed by atoms with E-state index in [0.29, 0.717) is 22.4 Å². The third-order valence-corrected chi connectivity index (χ3v) is 3.96. The summed E-state index contributed by atoms with van der Waals surface area (Å²) in [6.07, 6.45) is 1.30. The smallest absolute Gasteiger partial charge is 0.338 e. The van der Waals surface area contributed by atoms with Crippen LogP contribution in [0, 0.1) is 0 Å². The van der Waals surface area contributed by atoms with E-state index in [4.69, 9.17) is 9.15 Å². The van der Waals surface area contributed by atoms with Gasteiger partial charge in [0.2, 0.25) is 0 Å². The van der Waals surface area contributed by atoms with Crippen molar-refractivity contribution in [1.29, 1.82) is 0 Å². The van der Waals surface area contributed by atoms with Gasteiger partial charge in [0.25, 0.3) is 5.91 Å². The lowest BCUT2D eigenvalue weighted by atomic mass is 10.1. The number of esters is 1. The second kappa shape index (κ2) is 6.68. The molecule has 26 heavy (non-hydrogen) atoms. The SMILES string of the molecule is O=C(COC(=O)c1ccc2ocnc2c1)Nc1cccc2ccccc12. The first-order valence-corrected chi connectivity index (χ1v) is 7.99. The van der Waals surface area contributed by atoms with Crippen molar-refractivity contribution in [1.82, 2.24) is 4.98 Å². The van der Waals surface area contributed by atoms with Crippen molar-refractivity contribution in [3.05, 3.63) is 72.6 Å². The van der Waals surface area contributed by atoms with Gasteiger partial charge in [-0.3, -0.25) is 4.79 Å². The molecule has 0 bridgehead atoms. The lowest BCUT2D eigenvalue weighted by Gasteiger charge is -2.09. The fourth-order valence-corrected chi connectivity index (χ4v) is 2.72. The third-order valence-electron chi connectivity index (χ3n) is 3.96. The Morgan fingerprint density at radius 2 is 1.88 bits per heavy atom. The summed E-state index contributed by atoms with van der Waals surface area (Å²) in [5, 5.41) is 4.71. The minimum atomic E-state index is -0.594. The average Bonchev–Trinajstić information content (AvgIpc) is 3.14. The number of fused-ring (bicyclic) bond motifs is 2. The summed E-state index contributed by atoms with van der Waals surface area (Å²) in [5.74, 6) is -1.000. The zero-order valence-electron chi connectivity index (χ0n) is 13.6. The molecule has 0 saturated heterocycles. The molecule has 1 aromatic heterocycles. The number of benzene rings is 3. The number of nitrogens with zero attached hydrogens (tertiary/aromatic N) is 1. The summed E-state index contributed by atoms with van der Waals surface area (Å²) >= 11 is 0. The monoisotopic (exact) mass is 346 g/mol. The van der Waals surface area contributed by atoms with Crippen molar-refractivity contribution >= 4 is 39.4 Å². The van der Waals surface area contributed by atoms with Crippen molar-refractivity contribution in [3.8, 4) is 0 Å². The summed E-state index contributed by atoms with van der Waals surface area (Å²) in [4.78, 5) is 28.3. The molecule has 6 nitrogen and oxygen atoms in total. The highest BCUT2D eigenvalue weighted by Gasteiger charge is 2.13. The van der Waals surface area contributed by atoms with Crippen LogP contribution >= 0.6 is 0 Å². The van der Waals surface area contributed by atoms with Crippen LogP contribution in [-0.2, 0) is 9.53 Å². The predicted octanol–water partition coefficient (Wildman–Crippen LogP) is 3.78. The maximum atomic E-state index is 12.1. The van der Waals surface area contributed by atoms with E-state index in [0.717, 1.165) is 10.8 Å². The molecule has 0 spiro atoms. The van der Waals surface area contributed by atoms with Crippen LogP contribution in [0.5, 0.6) is 0 Å². The summed E-state index contributed by atoms with van der Waals surface area (Å²) in [6, 6.07) is 18.1. The van der Waals surface area contributed by atoms with Gasteiger partial charge in [-0.25, -0.2) is 9.78 Å².